The second kappa shape index (κ2) is 8.45. The molecule has 2 nitrogen and oxygen atoms in total. The average Bonchev–Trinajstić information content (AvgIpc) is 2.77. The maximum absolute atomic E-state index is 5.99. The number of hydrogen-bond donors (Lipinski definition) is 0. The number of methoxy groups -OCH3 is 1. The molecule has 0 amide bonds. The Morgan fingerprint density at radius 1 is 0.500 bits per heavy atom. The monoisotopic (exact) mass is 366 g/mol. The summed E-state index contributed by atoms with van der Waals surface area (Å²) in [5.41, 5.74) is 4.89. The zero-order valence-electron chi connectivity index (χ0n) is 15.8. The molecule has 0 bridgehead atoms. The van der Waals surface area contributed by atoms with Crippen molar-refractivity contribution in [1.29, 1.82) is 0 Å². The summed E-state index contributed by atoms with van der Waals surface area (Å²) in [6, 6.07) is 35.0. The SMILES string of the molecule is COc1ccc(Cc2ccc(Oc3ccc(-c4ccccc4)cc3)cc2)cc1. The fourth-order valence-corrected chi connectivity index (χ4v) is 3.14. The molecule has 4 rings (SSSR count). The molecule has 0 spiro atoms. The average molecular weight is 366 g/mol. The van der Waals surface area contributed by atoms with Gasteiger partial charge in [0, 0.05) is 0 Å². The Labute approximate surface area is 166 Å². The highest BCUT2D eigenvalue weighted by Gasteiger charge is 2.02. The van der Waals surface area contributed by atoms with Crippen LogP contribution in [0.15, 0.2) is 103 Å². The topological polar surface area (TPSA) is 18.5 Å². The Balaban J connectivity index is 1.40. The summed E-state index contributed by atoms with van der Waals surface area (Å²) in [5, 5.41) is 0. The van der Waals surface area contributed by atoms with Crippen LogP contribution in [-0.2, 0) is 6.42 Å². The molecule has 138 valence electrons. The van der Waals surface area contributed by atoms with Crippen LogP contribution in [0.25, 0.3) is 11.1 Å². The van der Waals surface area contributed by atoms with Gasteiger partial charge >= 0.3 is 0 Å². The van der Waals surface area contributed by atoms with Crippen molar-refractivity contribution in [3.63, 3.8) is 0 Å². The number of ether oxygens (including phenoxy) is 2. The van der Waals surface area contributed by atoms with E-state index in [0.717, 1.165) is 23.7 Å². The Morgan fingerprint density at radius 3 is 1.50 bits per heavy atom. The molecule has 0 saturated heterocycles. The smallest absolute Gasteiger partial charge is 0.127 e. The lowest BCUT2D eigenvalue weighted by Crippen LogP contribution is -1.90. The second-order valence-electron chi connectivity index (χ2n) is 6.66. The molecule has 0 radical (unpaired) electrons. The molecule has 0 aromatic heterocycles. The molecule has 0 heterocycles. The highest BCUT2D eigenvalue weighted by atomic mass is 16.5. The van der Waals surface area contributed by atoms with Crippen LogP contribution < -0.4 is 9.47 Å². The third-order valence-corrected chi connectivity index (χ3v) is 4.69. The minimum Gasteiger partial charge on any atom is -0.497 e. The van der Waals surface area contributed by atoms with E-state index in [1.807, 2.05) is 54.6 Å². The van der Waals surface area contributed by atoms with Crippen molar-refractivity contribution < 1.29 is 9.47 Å². The largest absolute Gasteiger partial charge is 0.497 e. The van der Waals surface area contributed by atoms with Gasteiger partial charge in [-0.1, -0.05) is 66.7 Å². The van der Waals surface area contributed by atoms with Gasteiger partial charge in [0.1, 0.15) is 17.2 Å². The summed E-state index contributed by atoms with van der Waals surface area (Å²) < 4.78 is 11.2. The van der Waals surface area contributed by atoms with Crippen molar-refractivity contribution in [3.05, 3.63) is 114 Å². The van der Waals surface area contributed by atoms with Crippen LogP contribution >= 0.6 is 0 Å². The van der Waals surface area contributed by atoms with Crippen molar-refractivity contribution in [2.24, 2.45) is 0 Å². The summed E-state index contributed by atoms with van der Waals surface area (Å²) in [7, 11) is 1.68. The van der Waals surface area contributed by atoms with E-state index in [2.05, 4.69) is 48.5 Å². The predicted molar refractivity (Wildman–Crippen MR) is 114 cm³/mol. The predicted octanol–water partition coefficient (Wildman–Crippen LogP) is 6.75. The zero-order valence-corrected chi connectivity index (χ0v) is 15.8. The van der Waals surface area contributed by atoms with Gasteiger partial charge in [-0.15, -0.1) is 0 Å². The van der Waals surface area contributed by atoms with E-state index in [9.17, 15) is 0 Å². The van der Waals surface area contributed by atoms with Crippen molar-refractivity contribution in [2.75, 3.05) is 7.11 Å². The van der Waals surface area contributed by atoms with Gasteiger partial charge in [0.05, 0.1) is 7.11 Å². The molecule has 4 aromatic rings. The van der Waals surface area contributed by atoms with E-state index in [4.69, 9.17) is 9.47 Å². The van der Waals surface area contributed by atoms with Gasteiger partial charge in [-0.25, -0.2) is 0 Å². The van der Waals surface area contributed by atoms with E-state index >= 15 is 0 Å². The molecule has 0 aliphatic carbocycles. The molecule has 0 aliphatic rings. The maximum atomic E-state index is 5.99. The van der Waals surface area contributed by atoms with Crippen molar-refractivity contribution in [1.82, 2.24) is 0 Å². The highest BCUT2D eigenvalue weighted by Crippen LogP contribution is 2.26. The fraction of sp³-hybridized carbons (Fsp3) is 0.0769. The molecule has 4 aromatic carbocycles. The first kappa shape index (κ1) is 17.9. The molecule has 0 saturated carbocycles. The van der Waals surface area contributed by atoms with E-state index < -0.39 is 0 Å². The van der Waals surface area contributed by atoms with E-state index in [1.165, 1.54) is 22.3 Å². The van der Waals surface area contributed by atoms with Crippen LogP contribution in [0.2, 0.25) is 0 Å². The molecule has 2 heteroatoms. The van der Waals surface area contributed by atoms with E-state index in [1.54, 1.807) is 7.11 Å². The lowest BCUT2D eigenvalue weighted by molar-refractivity contribution is 0.414. The third kappa shape index (κ3) is 4.41. The Kier molecular flexibility index (Phi) is 5.39. The van der Waals surface area contributed by atoms with Crippen molar-refractivity contribution in [2.45, 2.75) is 6.42 Å². The fourth-order valence-electron chi connectivity index (χ4n) is 3.14. The third-order valence-electron chi connectivity index (χ3n) is 4.69. The van der Waals surface area contributed by atoms with Crippen molar-refractivity contribution in [3.8, 4) is 28.4 Å². The summed E-state index contributed by atoms with van der Waals surface area (Å²) in [4.78, 5) is 0. The van der Waals surface area contributed by atoms with Crippen LogP contribution in [0.1, 0.15) is 11.1 Å². The normalized spacial score (nSPS) is 10.5. The number of rotatable bonds is 6. The maximum Gasteiger partial charge on any atom is 0.127 e. The summed E-state index contributed by atoms with van der Waals surface area (Å²) >= 11 is 0. The zero-order chi connectivity index (χ0) is 19.2. The molecule has 0 unspecified atom stereocenters. The summed E-state index contributed by atoms with van der Waals surface area (Å²) in [6.45, 7) is 0. The molecule has 0 fully saturated rings. The first-order chi connectivity index (χ1) is 13.8. The molecule has 0 atom stereocenters. The lowest BCUT2D eigenvalue weighted by Gasteiger charge is -2.09. The van der Waals surface area contributed by atoms with Gasteiger partial charge in [-0.3, -0.25) is 0 Å². The highest BCUT2D eigenvalue weighted by molar-refractivity contribution is 5.64. The Morgan fingerprint density at radius 2 is 0.964 bits per heavy atom. The number of benzene rings is 4. The van der Waals surface area contributed by atoms with Crippen LogP contribution in [0, 0.1) is 0 Å². The minimum atomic E-state index is 0.836. The minimum absolute atomic E-state index is 0.836. The Hall–Kier alpha value is -3.52. The van der Waals surface area contributed by atoms with E-state index in [-0.39, 0.29) is 0 Å². The second-order valence-corrected chi connectivity index (χ2v) is 6.66. The Bertz CT molecular complexity index is 1000. The first-order valence-corrected chi connectivity index (χ1v) is 9.35. The van der Waals surface area contributed by atoms with Gasteiger partial charge in [0.15, 0.2) is 0 Å². The van der Waals surface area contributed by atoms with Gasteiger partial charge in [0.2, 0.25) is 0 Å². The quantitative estimate of drug-likeness (QED) is 0.376. The van der Waals surface area contributed by atoms with Crippen molar-refractivity contribution >= 4 is 0 Å². The standard InChI is InChI=1S/C26H22O2/c1-27-24-13-7-20(8-14-24)19-21-9-15-25(16-10-21)28-26-17-11-23(12-18-26)22-5-3-2-4-6-22/h2-18H,19H2,1H3. The van der Waals surface area contributed by atoms with Gasteiger partial charge in [0.25, 0.3) is 0 Å². The molecular weight excluding hydrogens is 344 g/mol. The lowest BCUT2D eigenvalue weighted by atomic mass is 10.0. The van der Waals surface area contributed by atoms with Crippen LogP contribution in [0.5, 0.6) is 17.2 Å². The molecule has 28 heavy (non-hydrogen) atoms. The van der Waals surface area contributed by atoms with E-state index in [0.29, 0.717) is 0 Å². The molecule has 0 aliphatic heterocycles. The first-order valence-electron chi connectivity index (χ1n) is 9.35. The van der Waals surface area contributed by atoms with Gasteiger partial charge in [-0.05, 0) is 65.1 Å². The van der Waals surface area contributed by atoms with Crippen LogP contribution in [-0.4, -0.2) is 7.11 Å². The summed E-state index contributed by atoms with van der Waals surface area (Å²) in [5.74, 6) is 2.55. The molecular formula is C26H22O2. The molecule has 0 N–H and O–H groups in total. The summed E-state index contributed by atoms with van der Waals surface area (Å²) in [6.07, 6.45) is 0.885. The van der Waals surface area contributed by atoms with Gasteiger partial charge < -0.3 is 9.47 Å². The van der Waals surface area contributed by atoms with Crippen LogP contribution in [0.4, 0.5) is 0 Å². The van der Waals surface area contributed by atoms with Gasteiger partial charge in [-0.2, -0.15) is 0 Å². The number of hydrogen-bond acceptors (Lipinski definition) is 2. The van der Waals surface area contributed by atoms with Crippen LogP contribution in [0.3, 0.4) is 0 Å².